The number of rotatable bonds is 4. The quantitative estimate of drug-likeness (QED) is 0.894. The first-order valence-corrected chi connectivity index (χ1v) is 7.89. The fourth-order valence-electron chi connectivity index (χ4n) is 2.80. The molecule has 3 rings (SSSR count). The van der Waals surface area contributed by atoms with Gasteiger partial charge in [0.2, 0.25) is 0 Å². The number of hydrogen-bond acceptors (Lipinski definition) is 3. The summed E-state index contributed by atoms with van der Waals surface area (Å²) in [5, 5.41) is 2.90. The van der Waals surface area contributed by atoms with Crippen molar-refractivity contribution >= 4 is 18.3 Å². The van der Waals surface area contributed by atoms with Crippen molar-refractivity contribution in [3.05, 3.63) is 64.7 Å². The molecule has 0 fully saturated rings. The molecule has 2 aromatic rings. The lowest BCUT2D eigenvalue weighted by molar-refractivity contribution is -0.127. The largest absolute Gasteiger partial charge is 0.480 e. The van der Waals surface area contributed by atoms with Crippen molar-refractivity contribution < 1.29 is 9.53 Å². The lowest BCUT2D eigenvalue weighted by atomic mass is 10.0. The molecule has 1 amide bonds. The Morgan fingerprint density at radius 3 is 2.62 bits per heavy atom. The maximum absolute atomic E-state index is 12.3. The maximum atomic E-state index is 12.3. The van der Waals surface area contributed by atoms with Gasteiger partial charge in [-0.05, 0) is 42.2 Å². The van der Waals surface area contributed by atoms with Crippen molar-refractivity contribution in [1.82, 2.24) is 5.32 Å². The zero-order valence-electron chi connectivity index (χ0n) is 13.9. The lowest BCUT2D eigenvalue weighted by Gasteiger charge is -2.15. The molecule has 2 unspecified atom stereocenters. The molecule has 0 saturated carbocycles. The highest BCUT2D eigenvalue weighted by Gasteiger charge is 2.29. The monoisotopic (exact) mass is 346 g/mol. The van der Waals surface area contributed by atoms with E-state index in [-0.39, 0.29) is 24.4 Å². The Balaban J connectivity index is 0.00000208. The van der Waals surface area contributed by atoms with E-state index in [1.807, 2.05) is 43.3 Å². The third-order valence-corrected chi connectivity index (χ3v) is 4.37. The number of benzene rings is 2. The predicted molar refractivity (Wildman–Crippen MR) is 97.7 cm³/mol. The van der Waals surface area contributed by atoms with Gasteiger partial charge in [-0.2, -0.15) is 0 Å². The van der Waals surface area contributed by atoms with Gasteiger partial charge in [0.1, 0.15) is 5.75 Å². The molecule has 0 radical (unpaired) electrons. The third-order valence-electron chi connectivity index (χ3n) is 4.37. The Morgan fingerprint density at radius 1 is 1.25 bits per heavy atom. The van der Waals surface area contributed by atoms with Gasteiger partial charge < -0.3 is 15.8 Å². The Bertz CT molecular complexity index is 688. The number of halogens is 1. The summed E-state index contributed by atoms with van der Waals surface area (Å²) in [5.74, 6) is 0.712. The second-order valence-corrected chi connectivity index (χ2v) is 6.12. The van der Waals surface area contributed by atoms with Crippen LogP contribution in [0.3, 0.4) is 0 Å². The van der Waals surface area contributed by atoms with Gasteiger partial charge in [0.15, 0.2) is 6.10 Å². The Hall–Kier alpha value is -2.04. The van der Waals surface area contributed by atoms with E-state index in [9.17, 15) is 4.79 Å². The number of fused-ring (bicyclic) bond motifs is 1. The van der Waals surface area contributed by atoms with Crippen molar-refractivity contribution in [1.29, 1.82) is 0 Å². The molecule has 0 spiro atoms. The van der Waals surface area contributed by atoms with Gasteiger partial charge >= 0.3 is 0 Å². The molecule has 0 bridgehead atoms. The molecule has 0 aromatic heterocycles. The van der Waals surface area contributed by atoms with Crippen LogP contribution in [0.2, 0.25) is 0 Å². The van der Waals surface area contributed by atoms with Crippen LogP contribution in [0, 0.1) is 13.8 Å². The SMILES string of the molecule is Cc1cc2c(cc1C)OC(C(=O)NCC(N)c1ccccc1)C2.Cl. The molecule has 0 aliphatic carbocycles. The van der Waals surface area contributed by atoms with E-state index in [1.54, 1.807) is 0 Å². The molecule has 1 heterocycles. The van der Waals surface area contributed by atoms with E-state index in [0.29, 0.717) is 13.0 Å². The molecular formula is C19H23ClN2O2. The molecule has 1 aliphatic rings. The summed E-state index contributed by atoms with van der Waals surface area (Å²) < 4.78 is 5.79. The van der Waals surface area contributed by atoms with Crippen LogP contribution in [-0.2, 0) is 11.2 Å². The molecule has 0 saturated heterocycles. The molecule has 128 valence electrons. The van der Waals surface area contributed by atoms with Crippen LogP contribution < -0.4 is 15.8 Å². The molecule has 24 heavy (non-hydrogen) atoms. The van der Waals surface area contributed by atoms with E-state index >= 15 is 0 Å². The standard InChI is InChI=1S/C19H22N2O2.ClH/c1-12-8-15-10-18(23-17(15)9-13(12)2)19(22)21-11-16(20)14-6-4-3-5-7-14;/h3-9,16,18H,10-11,20H2,1-2H3,(H,21,22);1H. The molecule has 2 atom stereocenters. The van der Waals surface area contributed by atoms with E-state index in [1.165, 1.54) is 11.1 Å². The summed E-state index contributed by atoms with van der Waals surface area (Å²) >= 11 is 0. The maximum Gasteiger partial charge on any atom is 0.261 e. The Morgan fingerprint density at radius 2 is 1.92 bits per heavy atom. The van der Waals surface area contributed by atoms with Crippen molar-refractivity contribution in [2.45, 2.75) is 32.4 Å². The number of nitrogens with two attached hydrogens (primary N) is 1. The summed E-state index contributed by atoms with van der Waals surface area (Å²) in [7, 11) is 0. The average molecular weight is 347 g/mol. The highest BCUT2D eigenvalue weighted by atomic mass is 35.5. The van der Waals surface area contributed by atoms with Crippen LogP contribution in [0.25, 0.3) is 0 Å². The van der Waals surface area contributed by atoms with Gasteiger partial charge in [-0.25, -0.2) is 0 Å². The molecule has 5 heteroatoms. The number of aryl methyl sites for hydroxylation is 2. The first kappa shape index (κ1) is 18.3. The van der Waals surface area contributed by atoms with Crippen molar-refractivity contribution in [2.24, 2.45) is 5.73 Å². The van der Waals surface area contributed by atoms with E-state index in [0.717, 1.165) is 16.9 Å². The number of hydrogen-bond donors (Lipinski definition) is 2. The smallest absolute Gasteiger partial charge is 0.261 e. The van der Waals surface area contributed by atoms with Crippen molar-refractivity contribution in [3.63, 3.8) is 0 Å². The van der Waals surface area contributed by atoms with Crippen molar-refractivity contribution in [3.8, 4) is 5.75 Å². The number of amides is 1. The molecule has 1 aliphatic heterocycles. The van der Waals surface area contributed by atoms with Gasteiger partial charge in [-0.1, -0.05) is 36.4 Å². The van der Waals surface area contributed by atoms with Crippen LogP contribution in [0.4, 0.5) is 0 Å². The number of carbonyl (C=O) groups is 1. The van der Waals surface area contributed by atoms with Crippen LogP contribution in [0.15, 0.2) is 42.5 Å². The lowest BCUT2D eigenvalue weighted by Crippen LogP contribution is -2.40. The highest BCUT2D eigenvalue weighted by Crippen LogP contribution is 2.31. The van der Waals surface area contributed by atoms with Crippen molar-refractivity contribution in [2.75, 3.05) is 6.54 Å². The summed E-state index contributed by atoms with van der Waals surface area (Å²) in [5.41, 5.74) is 10.6. The van der Waals surface area contributed by atoms with Gasteiger partial charge in [0, 0.05) is 19.0 Å². The normalized spacial score (nSPS) is 16.5. The van der Waals surface area contributed by atoms with Gasteiger partial charge in [-0.15, -0.1) is 12.4 Å². The third kappa shape index (κ3) is 3.89. The first-order chi connectivity index (χ1) is 11.0. The summed E-state index contributed by atoms with van der Waals surface area (Å²) in [6.45, 7) is 4.52. The first-order valence-electron chi connectivity index (χ1n) is 7.89. The second kappa shape index (κ2) is 7.69. The minimum Gasteiger partial charge on any atom is -0.480 e. The van der Waals surface area contributed by atoms with Crippen LogP contribution >= 0.6 is 12.4 Å². The molecular weight excluding hydrogens is 324 g/mol. The summed E-state index contributed by atoms with van der Waals surface area (Å²) in [6, 6.07) is 13.7. The number of nitrogens with one attached hydrogen (secondary N) is 1. The van der Waals surface area contributed by atoms with E-state index in [4.69, 9.17) is 10.5 Å². The fraction of sp³-hybridized carbons (Fsp3) is 0.316. The van der Waals surface area contributed by atoms with Crippen LogP contribution in [0.5, 0.6) is 5.75 Å². The zero-order chi connectivity index (χ0) is 16.4. The molecule has 2 aromatic carbocycles. The van der Waals surface area contributed by atoms with E-state index < -0.39 is 6.10 Å². The molecule has 4 nitrogen and oxygen atoms in total. The topological polar surface area (TPSA) is 64.3 Å². The minimum atomic E-state index is -0.464. The van der Waals surface area contributed by atoms with Gasteiger partial charge in [0.05, 0.1) is 0 Å². The van der Waals surface area contributed by atoms with E-state index in [2.05, 4.69) is 18.3 Å². The summed E-state index contributed by atoms with van der Waals surface area (Å²) in [4.78, 5) is 12.3. The fourth-order valence-corrected chi connectivity index (χ4v) is 2.80. The zero-order valence-corrected chi connectivity index (χ0v) is 14.7. The highest BCUT2D eigenvalue weighted by molar-refractivity contribution is 5.85. The van der Waals surface area contributed by atoms with Gasteiger partial charge in [-0.3, -0.25) is 4.79 Å². The summed E-state index contributed by atoms with van der Waals surface area (Å²) in [6.07, 6.45) is 0.150. The Labute approximate surface area is 148 Å². The number of ether oxygens (including phenoxy) is 1. The Kier molecular flexibility index (Phi) is 5.86. The predicted octanol–water partition coefficient (Wildman–Crippen LogP) is 2.84. The average Bonchev–Trinajstić information content (AvgIpc) is 2.96. The van der Waals surface area contributed by atoms with Crippen LogP contribution in [-0.4, -0.2) is 18.6 Å². The second-order valence-electron chi connectivity index (χ2n) is 6.12. The van der Waals surface area contributed by atoms with Crippen LogP contribution in [0.1, 0.15) is 28.3 Å². The molecule has 3 N–H and O–H groups in total. The minimum absolute atomic E-state index is 0. The number of carbonyl (C=O) groups excluding carboxylic acids is 1. The van der Waals surface area contributed by atoms with Gasteiger partial charge in [0.25, 0.3) is 5.91 Å².